The third kappa shape index (κ3) is 14.7. The van der Waals surface area contributed by atoms with E-state index in [9.17, 15) is 0 Å². The van der Waals surface area contributed by atoms with E-state index < -0.39 is 0 Å². The largest absolute Gasteiger partial charge is 0.376 e. The molecule has 0 aliphatic heterocycles. The number of hydrogen-bond acceptors (Lipinski definition) is 3. The molecule has 0 aliphatic carbocycles. The minimum atomic E-state index is 0. The Morgan fingerprint density at radius 1 is 1.00 bits per heavy atom. The van der Waals surface area contributed by atoms with Crippen LogP contribution in [0.15, 0.2) is 0 Å². The van der Waals surface area contributed by atoms with Gasteiger partial charge in [-0.2, -0.15) is 0 Å². The molecule has 0 aromatic rings. The van der Waals surface area contributed by atoms with Crippen molar-refractivity contribution in [1.82, 2.24) is 6.15 Å². The Morgan fingerprint density at radius 3 is 2.00 bits per heavy atom. The lowest BCUT2D eigenvalue weighted by Gasteiger charge is -2.19. The van der Waals surface area contributed by atoms with Gasteiger partial charge in [-0.3, -0.25) is 0 Å². The number of rotatable bonds is 6. The molecule has 0 rings (SSSR count). The molecule has 0 heterocycles. The molecule has 0 saturated heterocycles. The van der Waals surface area contributed by atoms with Gasteiger partial charge in [0.1, 0.15) is 0 Å². The van der Waals surface area contributed by atoms with Crippen LogP contribution < -0.4 is 11.9 Å². The summed E-state index contributed by atoms with van der Waals surface area (Å²) < 4.78 is 5.58. The van der Waals surface area contributed by atoms with Crippen LogP contribution in [0.4, 0.5) is 0 Å². The normalized spacial score (nSPS) is 11.1. The average Bonchev–Trinajstić information content (AvgIpc) is 1.94. The second-order valence-corrected chi connectivity index (χ2v) is 4.16. The lowest BCUT2D eigenvalue weighted by Crippen LogP contribution is -2.19. The molecule has 0 atom stereocenters. The first kappa shape index (κ1) is 15.4. The van der Waals surface area contributed by atoms with Gasteiger partial charge in [0.25, 0.3) is 0 Å². The SMILES string of the molecule is CC(C)(C)OCCCCCCN.N. The Kier molecular flexibility index (Phi) is 10.0. The van der Waals surface area contributed by atoms with Crippen molar-refractivity contribution >= 4 is 0 Å². The fraction of sp³-hybridized carbons (Fsp3) is 1.00. The molecule has 82 valence electrons. The first-order chi connectivity index (χ1) is 5.56. The molecule has 0 aromatic carbocycles. The molecule has 3 nitrogen and oxygen atoms in total. The highest BCUT2D eigenvalue weighted by atomic mass is 16.5. The zero-order valence-corrected chi connectivity index (χ0v) is 9.44. The Morgan fingerprint density at radius 2 is 1.54 bits per heavy atom. The van der Waals surface area contributed by atoms with Gasteiger partial charge in [-0.05, 0) is 40.2 Å². The van der Waals surface area contributed by atoms with Crippen molar-refractivity contribution in [3.05, 3.63) is 0 Å². The first-order valence-corrected chi connectivity index (χ1v) is 4.90. The minimum absolute atomic E-state index is 0. The van der Waals surface area contributed by atoms with Gasteiger partial charge in [0.2, 0.25) is 0 Å². The van der Waals surface area contributed by atoms with E-state index in [2.05, 4.69) is 20.8 Å². The summed E-state index contributed by atoms with van der Waals surface area (Å²) in [5.41, 5.74) is 5.40. The quantitative estimate of drug-likeness (QED) is 0.632. The van der Waals surface area contributed by atoms with Crippen LogP contribution in [0.5, 0.6) is 0 Å². The number of ether oxygens (including phenoxy) is 1. The molecule has 3 heteroatoms. The second kappa shape index (κ2) is 8.48. The van der Waals surface area contributed by atoms with Crippen LogP contribution in [0.25, 0.3) is 0 Å². The fourth-order valence-electron chi connectivity index (χ4n) is 0.978. The lowest BCUT2D eigenvalue weighted by molar-refractivity contribution is -0.00472. The Hall–Kier alpha value is -0.120. The van der Waals surface area contributed by atoms with Crippen molar-refractivity contribution in [2.75, 3.05) is 13.2 Å². The van der Waals surface area contributed by atoms with Crippen LogP contribution in [0.2, 0.25) is 0 Å². The number of unbranched alkanes of at least 4 members (excludes halogenated alkanes) is 3. The van der Waals surface area contributed by atoms with E-state index in [1.807, 2.05) is 0 Å². The van der Waals surface area contributed by atoms with Crippen LogP contribution in [0, 0.1) is 0 Å². The predicted molar refractivity (Wildman–Crippen MR) is 58.2 cm³/mol. The number of hydrogen-bond donors (Lipinski definition) is 2. The van der Waals surface area contributed by atoms with Crippen LogP contribution >= 0.6 is 0 Å². The van der Waals surface area contributed by atoms with Gasteiger partial charge in [-0.25, -0.2) is 0 Å². The Labute approximate surface area is 82.6 Å². The summed E-state index contributed by atoms with van der Waals surface area (Å²) in [5, 5.41) is 0. The van der Waals surface area contributed by atoms with Crippen molar-refractivity contribution in [3.63, 3.8) is 0 Å². The molecule has 0 bridgehead atoms. The zero-order chi connectivity index (χ0) is 9.45. The molecule has 0 amide bonds. The second-order valence-electron chi connectivity index (χ2n) is 4.16. The summed E-state index contributed by atoms with van der Waals surface area (Å²) in [6.07, 6.45) is 4.80. The van der Waals surface area contributed by atoms with E-state index in [1.165, 1.54) is 12.8 Å². The molecule has 0 radical (unpaired) electrons. The maximum absolute atomic E-state index is 5.58. The lowest BCUT2D eigenvalue weighted by atomic mass is 10.2. The van der Waals surface area contributed by atoms with Crippen molar-refractivity contribution in [2.24, 2.45) is 5.73 Å². The molecular weight excluding hydrogens is 164 g/mol. The molecule has 0 unspecified atom stereocenters. The van der Waals surface area contributed by atoms with E-state index in [0.717, 1.165) is 26.0 Å². The van der Waals surface area contributed by atoms with Crippen LogP contribution in [0.1, 0.15) is 46.5 Å². The molecule has 13 heavy (non-hydrogen) atoms. The van der Waals surface area contributed by atoms with Crippen molar-refractivity contribution in [3.8, 4) is 0 Å². The van der Waals surface area contributed by atoms with E-state index in [-0.39, 0.29) is 11.8 Å². The summed E-state index contributed by atoms with van der Waals surface area (Å²) in [6, 6.07) is 0. The van der Waals surface area contributed by atoms with Gasteiger partial charge >= 0.3 is 0 Å². The smallest absolute Gasteiger partial charge is 0.0598 e. The monoisotopic (exact) mass is 190 g/mol. The summed E-state index contributed by atoms with van der Waals surface area (Å²) in [5.74, 6) is 0. The van der Waals surface area contributed by atoms with Gasteiger partial charge < -0.3 is 16.6 Å². The van der Waals surface area contributed by atoms with Gasteiger partial charge in [0, 0.05) is 6.61 Å². The van der Waals surface area contributed by atoms with Crippen LogP contribution in [-0.2, 0) is 4.74 Å². The van der Waals surface area contributed by atoms with E-state index in [4.69, 9.17) is 10.5 Å². The van der Waals surface area contributed by atoms with Crippen LogP contribution in [-0.4, -0.2) is 18.8 Å². The molecule has 5 N–H and O–H groups in total. The summed E-state index contributed by atoms with van der Waals surface area (Å²) in [4.78, 5) is 0. The average molecular weight is 190 g/mol. The fourth-order valence-corrected chi connectivity index (χ4v) is 0.978. The summed E-state index contributed by atoms with van der Waals surface area (Å²) >= 11 is 0. The molecule has 0 aliphatic rings. The molecule has 0 spiro atoms. The molecule has 0 fully saturated rings. The van der Waals surface area contributed by atoms with E-state index >= 15 is 0 Å². The third-order valence-electron chi connectivity index (χ3n) is 1.63. The third-order valence-corrected chi connectivity index (χ3v) is 1.63. The zero-order valence-electron chi connectivity index (χ0n) is 9.44. The van der Waals surface area contributed by atoms with Gasteiger partial charge in [0.15, 0.2) is 0 Å². The van der Waals surface area contributed by atoms with Gasteiger partial charge in [-0.1, -0.05) is 12.8 Å². The topological polar surface area (TPSA) is 70.2 Å². The molecule has 0 saturated carbocycles. The van der Waals surface area contributed by atoms with Crippen LogP contribution in [0.3, 0.4) is 0 Å². The summed E-state index contributed by atoms with van der Waals surface area (Å²) in [6.45, 7) is 7.97. The van der Waals surface area contributed by atoms with Gasteiger partial charge in [0.05, 0.1) is 5.60 Å². The Bertz CT molecular complexity index is 99.6. The predicted octanol–water partition coefficient (Wildman–Crippen LogP) is 2.48. The highest BCUT2D eigenvalue weighted by molar-refractivity contribution is 4.58. The minimum Gasteiger partial charge on any atom is -0.376 e. The summed E-state index contributed by atoms with van der Waals surface area (Å²) in [7, 11) is 0. The van der Waals surface area contributed by atoms with E-state index in [1.54, 1.807) is 0 Å². The standard InChI is InChI=1S/C10H23NO.H3N/c1-10(2,3)12-9-7-5-4-6-8-11;/h4-9,11H2,1-3H3;1H3. The van der Waals surface area contributed by atoms with Crippen molar-refractivity contribution in [2.45, 2.75) is 52.1 Å². The van der Waals surface area contributed by atoms with Crippen molar-refractivity contribution in [1.29, 1.82) is 0 Å². The van der Waals surface area contributed by atoms with E-state index in [0.29, 0.717) is 0 Å². The molecular formula is C10H26N2O. The highest BCUT2D eigenvalue weighted by Crippen LogP contribution is 2.08. The number of nitrogens with two attached hydrogens (primary N) is 1. The van der Waals surface area contributed by atoms with Gasteiger partial charge in [-0.15, -0.1) is 0 Å². The van der Waals surface area contributed by atoms with Crippen molar-refractivity contribution < 1.29 is 4.74 Å². The Balaban J connectivity index is 0. The highest BCUT2D eigenvalue weighted by Gasteiger charge is 2.08. The maximum atomic E-state index is 5.58. The molecule has 0 aromatic heterocycles. The maximum Gasteiger partial charge on any atom is 0.0598 e. The first-order valence-electron chi connectivity index (χ1n) is 4.90.